The van der Waals surface area contributed by atoms with Crippen LogP contribution < -0.4 is 14.4 Å². The summed E-state index contributed by atoms with van der Waals surface area (Å²) in [6.07, 6.45) is 7.20. The Morgan fingerprint density at radius 2 is 2.00 bits per heavy atom. The predicted molar refractivity (Wildman–Crippen MR) is 99.4 cm³/mol. The fourth-order valence-electron chi connectivity index (χ4n) is 3.23. The maximum atomic E-state index is 6.47. The fourth-order valence-corrected chi connectivity index (χ4v) is 3.44. The number of methoxy groups -OCH3 is 1. The molecule has 0 amide bonds. The highest BCUT2D eigenvalue weighted by atomic mass is 35.5. The molecule has 1 fully saturated rings. The van der Waals surface area contributed by atoms with Crippen LogP contribution in [0.2, 0.25) is 5.15 Å². The van der Waals surface area contributed by atoms with Crippen LogP contribution in [0.4, 0.5) is 5.82 Å². The molecule has 0 unspecified atom stereocenters. The van der Waals surface area contributed by atoms with Gasteiger partial charge >= 0.3 is 0 Å². The van der Waals surface area contributed by atoms with Gasteiger partial charge in [-0.25, -0.2) is 9.97 Å². The lowest BCUT2D eigenvalue weighted by Gasteiger charge is -2.33. The van der Waals surface area contributed by atoms with Crippen LogP contribution in [-0.4, -0.2) is 45.7 Å². The quantitative estimate of drug-likeness (QED) is 0.654. The minimum absolute atomic E-state index is 0.160. The van der Waals surface area contributed by atoms with E-state index in [0.29, 0.717) is 16.8 Å². The van der Waals surface area contributed by atoms with Crippen LogP contribution in [0.3, 0.4) is 0 Å². The van der Waals surface area contributed by atoms with Gasteiger partial charge in [0.25, 0.3) is 0 Å². The summed E-state index contributed by atoms with van der Waals surface area (Å²) in [6, 6.07) is 3.69. The normalized spacial score (nSPS) is 15.4. The zero-order valence-electron chi connectivity index (χ0n) is 14.7. The molecule has 0 saturated carbocycles. The van der Waals surface area contributed by atoms with Crippen LogP contribution in [0, 0.1) is 6.92 Å². The van der Waals surface area contributed by atoms with E-state index in [0.717, 1.165) is 43.1 Å². The number of imidazole rings is 1. The van der Waals surface area contributed by atoms with Crippen LogP contribution >= 0.6 is 11.6 Å². The number of fused-ring (bicyclic) bond motifs is 1. The fraction of sp³-hybridized carbons (Fsp3) is 0.389. The molecule has 3 aromatic heterocycles. The molecule has 0 aromatic carbocycles. The van der Waals surface area contributed by atoms with Gasteiger partial charge in [-0.2, -0.15) is 4.98 Å². The number of hydrogen-bond donors (Lipinski definition) is 0. The number of nitrogens with zero attached hydrogens (tertiary/aromatic N) is 5. The number of aromatic nitrogens is 4. The Balaban J connectivity index is 1.44. The summed E-state index contributed by atoms with van der Waals surface area (Å²) in [6.45, 7) is 3.71. The summed E-state index contributed by atoms with van der Waals surface area (Å²) in [7, 11) is 1.60. The number of rotatable bonds is 4. The van der Waals surface area contributed by atoms with E-state index in [1.807, 2.05) is 19.2 Å². The molecule has 3 aromatic rings. The Hall–Kier alpha value is -2.54. The van der Waals surface area contributed by atoms with Gasteiger partial charge in [-0.3, -0.25) is 4.40 Å². The maximum absolute atomic E-state index is 6.47. The van der Waals surface area contributed by atoms with Gasteiger partial charge in [0.05, 0.1) is 13.3 Å². The standard InChI is InChI=1S/C18H20ClN5O2/c1-12-16(19)24-10-7-20-18(24)22-17(12)23-8-5-13(6-9-23)26-14-3-4-15(25-2)21-11-14/h3-4,7,10-11,13H,5-6,8-9H2,1-2H3. The molecule has 8 heteroatoms. The number of hydrogen-bond acceptors (Lipinski definition) is 6. The Labute approximate surface area is 156 Å². The zero-order chi connectivity index (χ0) is 18.1. The molecule has 4 heterocycles. The second-order valence-corrected chi connectivity index (χ2v) is 6.65. The van der Waals surface area contributed by atoms with Crippen molar-refractivity contribution in [2.75, 3.05) is 25.1 Å². The molecule has 26 heavy (non-hydrogen) atoms. The van der Waals surface area contributed by atoms with Gasteiger partial charge in [0, 0.05) is 50.0 Å². The van der Waals surface area contributed by atoms with Crippen molar-refractivity contribution >= 4 is 23.2 Å². The van der Waals surface area contributed by atoms with E-state index in [2.05, 4.69) is 19.9 Å². The van der Waals surface area contributed by atoms with Crippen molar-refractivity contribution in [1.82, 2.24) is 19.4 Å². The van der Waals surface area contributed by atoms with Gasteiger partial charge in [0.15, 0.2) is 0 Å². The Bertz CT molecular complexity index is 904. The van der Waals surface area contributed by atoms with Gasteiger partial charge in [-0.05, 0) is 13.0 Å². The van der Waals surface area contributed by atoms with E-state index in [4.69, 9.17) is 21.1 Å². The van der Waals surface area contributed by atoms with Crippen molar-refractivity contribution in [2.45, 2.75) is 25.9 Å². The highest BCUT2D eigenvalue weighted by molar-refractivity contribution is 6.30. The number of ether oxygens (including phenoxy) is 2. The first-order valence-electron chi connectivity index (χ1n) is 8.56. The Kier molecular flexibility index (Phi) is 4.55. The van der Waals surface area contributed by atoms with E-state index in [-0.39, 0.29) is 6.10 Å². The minimum atomic E-state index is 0.160. The van der Waals surface area contributed by atoms with Gasteiger partial charge in [-0.1, -0.05) is 11.6 Å². The van der Waals surface area contributed by atoms with E-state index in [1.165, 1.54) is 0 Å². The van der Waals surface area contributed by atoms with E-state index < -0.39 is 0 Å². The first-order valence-corrected chi connectivity index (χ1v) is 8.94. The highest BCUT2D eigenvalue weighted by Crippen LogP contribution is 2.29. The summed E-state index contributed by atoms with van der Waals surface area (Å²) >= 11 is 6.47. The molecule has 0 N–H and O–H groups in total. The number of piperidine rings is 1. The molecular weight excluding hydrogens is 354 g/mol. The van der Waals surface area contributed by atoms with Crippen molar-refractivity contribution in [2.24, 2.45) is 0 Å². The smallest absolute Gasteiger partial charge is 0.236 e. The van der Waals surface area contributed by atoms with Crippen LogP contribution in [0.25, 0.3) is 5.78 Å². The lowest BCUT2D eigenvalue weighted by Crippen LogP contribution is -2.39. The number of anilines is 1. The summed E-state index contributed by atoms with van der Waals surface area (Å²) in [5.41, 5.74) is 0.968. The van der Waals surface area contributed by atoms with Crippen LogP contribution in [0.1, 0.15) is 18.4 Å². The first kappa shape index (κ1) is 16.9. The predicted octanol–water partition coefficient (Wildman–Crippen LogP) is 3.14. The molecule has 0 atom stereocenters. The van der Waals surface area contributed by atoms with Gasteiger partial charge in [0.1, 0.15) is 22.8 Å². The molecule has 1 aliphatic heterocycles. The molecule has 0 radical (unpaired) electrons. The second-order valence-electron chi connectivity index (χ2n) is 6.29. The van der Waals surface area contributed by atoms with Gasteiger partial charge in [-0.15, -0.1) is 0 Å². The number of halogens is 1. The summed E-state index contributed by atoms with van der Waals surface area (Å²) in [5.74, 6) is 2.87. The van der Waals surface area contributed by atoms with Crippen molar-refractivity contribution < 1.29 is 9.47 Å². The third-order valence-corrected chi connectivity index (χ3v) is 5.11. The lowest BCUT2D eigenvalue weighted by molar-refractivity contribution is 0.170. The highest BCUT2D eigenvalue weighted by Gasteiger charge is 2.24. The molecule has 136 valence electrons. The second kappa shape index (κ2) is 6.99. The molecule has 7 nitrogen and oxygen atoms in total. The first-order chi connectivity index (χ1) is 12.7. The minimum Gasteiger partial charge on any atom is -0.489 e. The Morgan fingerprint density at radius 1 is 1.19 bits per heavy atom. The van der Waals surface area contributed by atoms with Crippen molar-refractivity contribution in [3.05, 3.63) is 41.4 Å². The van der Waals surface area contributed by atoms with Crippen molar-refractivity contribution in [3.63, 3.8) is 0 Å². The largest absolute Gasteiger partial charge is 0.489 e. The molecular formula is C18H20ClN5O2. The maximum Gasteiger partial charge on any atom is 0.236 e. The van der Waals surface area contributed by atoms with Crippen LogP contribution in [0.15, 0.2) is 30.7 Å². The van der Waals surface area contributed by atoms with Crippen LogP contribution in [0.5, 0.6) is 11.6 Å². The van der Waals surface area contributed by atoms with Crippen LogP contribution in [-0.2, 0) is 0 Å². The topological polar surface area (TPSA) is 64.8 Å². The SMILES string of the molecule is COc1ccc(OC2CCN(c3nc4nccn4c(Cl)c3C)CC2)cn1. The zero-order valence-corrected chi connectivity index (χ0v) is 15.5. The van der Waals surface area contributed by atoms with Gasteiger partial charge in [0.2, 0.25) is 11.7 Å². The van der Waals surface area contributed by atoms with E-state index in [9.17, 15) is 0 Å². The third-order valence-electron chi connectivity index (χ3n) is 4.65. The van der Waals surface area contributed by atoms with E-state index in [1.54, 1.807) is 30.0 Å². The summed E-state index contributed by atoms with van der Waals surface area (Å²) < 4.78 is 12.9. The number of pyridine rings is 1. The van der Waals surface area contributed by atoms with Gasteiger partial charge < -0.3 is 14.4 Å². The Morgan fingerprint density at radius 3 is 2.69 bits per heavy atom. The van der Waals surface area contributed by atoms with Crippen molar-refractivity contribution in [1.29, 1.82) is 0 Å². The molecule has 0 spiro atoms. The molecule has 0 aliphatic carbocycles. The molecule has 1 aliphatic rings. The summed E-state index contributed by atoms with van der Waals surface area (Å²) in [4.78, 5) is 15.4. The van der Waals surface area contributed by atoms with E-state index >= 15 is 0 Å². The molecule has 1 saturated heterocycles. The van der Waals surface area contributed by atoms with Crippen molar-refractivity contribution in [3.8, 4) is 11.6 Å². The monoisotopic (exact) mass is 373 g/mol. The summed E-state index contributed by atoms with van der Waals surface area (Å²) in [5, 5.41) is 0.658. The average Bonchev–Trinajstić information content (AvgIpc) is 3.15. The average molecular weight is 374 g/mol. The molecule has 0 bridgehead atoms. The third kappa shape index (κ3) is 3.14. The molecule has 4 rings (SSSR count). The lowest BCUT2D eigenvalue weighted by atomic mass is 10.1.